The van der Waals surface area contributed by atoms with Crippen LogP contribution in [0.25, 0.3) is 0 Å². The monoisotopic (exact) mass is 410 g/mol. The number of hydrogen-bond acceptors (Lipinski definition) is 3. The molecule has 2 rings (SSSR count). The van der Waals surface area contributed by atoms with Crippen molar-refractivity contribution >= 4 is 22.5 Å². The molecule has 1 aromatic heterocycles. The quantitative estimate of drug-likeness (QED) is 0.647. The van der Waals surface area contributed by atoms with Gasteiger partial charge in [-0.05, 0) is 53.9 Å². The Kier molecular flexibility index (Phi) is 7.03. The van der Waals surface area contributed by atoms with Crippen molar-refractivity contribution in [3.8, 4) is 5.75 Å². The minimum atomic E-state index is -0.430. The van der Waals surface area contributed by atoms with Crippen LogP contribution in [-0.4, -0.2) is 20.3 Å². The van der Waals surface area contributed by atoms with Crippen LogP contribution in [0.3, 0.4) is 0 Å². The topological polar surface area (TPSA) is 44.1 Å². The fourth-order valence-corrected chi connectivity index (χ4v) is 6.18. The van der Waals surface area contributed by atoms with E-state index < -0.39 is 5.54 Å². The van der Waals surface area contributed by atoms with Gasteiger partial charge in [-0.1, -0.05) is 51.4 Å². The molecule has 0 spiro atoms. The highest BCUT2D eigenvalue weighted by Gasteiger charge is 2.20. The Morgan fingerprint density at radius 1 is 1.11 bits per heavy atom. The van der Waals surface area contributed by atoms with Crippen molar-refractivity contribution in [3.05, 3.63) is 51.4 Å². The van der Waals surface area contributed by atoms with Crippen molar-refractivity contribution in [1.82, 2.24) is 9.78 Å². The molecule has 0 fully saturated rings. The number of halogens is 1. The van der Waals surface area contributed by atoms with Crippen LogP contribution in [0.2, 0.25) is 5.02 Å². The van der Waals surface area contributed by atoms with Gasteiger partial charge in [0.25, 0.3) is 5.56 Å². The maximum absolute atomic E-state index is 12.4. The van der Waals surface area contributed by atoms with Crippen LogP contribution >= 0.6 is 22.5 Å². The highest BCUT2D eigenvalue weighted by atomic mass is 35.5. The van der Waals surface area contributed by atoms with Crippen LogP contribution in [0, 0.1) is 0 Å². The minimum absolute atomic E-state index is 0.0691. The van der Waals surface area contributed by atoms with E-state index in [0.29, 0.717) is 22.9 Å². The van der Waals surface area contributed by atoms with Gasteiger partial charge >= 0.3 is 0 Å². The summed E-state index contributed by atoms with van der Waals surface area (Å²) in [5.41, 5.74) is 0.272. The first-order chi connectivity index (χ1) is 12.5. The normalized spacial score (nSPS) is 12.6. The maximum Gasteiger partial charge on any atom is 0.289 e. The summed E-state index contributed by atoms with van der Waals surface area (Å²) in [6, 6.07) is 8.57. The lowest BCUT2D eigenvalue weighted by molar-refractivity contribution is 0.292. The second-order valence-corrected chi connectivity index (χ2v) is 12.0. The Balaban J connectivity index is 2.14. The fraction of sp³-hybridized carbons (Fsp3) is 0.524. The number of thiol groups is 1. The first kappa shape index (κ1) is 21.8. The van der Waals surface area contributed by atoms with Gasteiger partial charge in [0.1, 0.15) is 6.61 Å². The molecule has 1 heterocycles. The molecule has 0 aliphatic heterocycles. The molecule has 0 radical (unpaired) electrons. The molecule has 0 aliphatic rings. The molecule has 0 unspecified atom stereocenters. The molecule has 4 nitrogen and oxygen atoms in total. The van der Waals surface area contributed by atoms with Crippen LogP contribution in [-0.2, 0) is 12.1 Å². The van der Waals surface area contributed by atoms with E-state index in [9.17, 15) is 4.79 Å². The first-order valence-electron chi connectivity index (χ1n) is 9.30. The highest BCUT2D eigenvalue weighted by Crippen LogP contribution is 2.44. The van der Waals surface area contributed by atoms with Gasteiger partial charge in [-0.15, -0.1) is 0 Å². The average Bonchev–Trinajstić information content (AvgIpc) is 2.55. The average molecular weight is 411 g/mol. The van der Waals surface area contributed by atoms with E-state index in [-0.39, 0.29) is 21.5 Å². The second kappa shape index (κ2) is 8.70. The summed E-state index contributed by atoms with van der Waals surface area (Å²) < 4.78 is 7.14. The summed E-state index contributed by atoms with van der Waals surface area (Å²) in [4.78, 5) is 13.8. The summed E-state index contributed by atoms with van der Waals surface area (Å²) in [7, 11) is -0.180. The fourth-order valence-electron chi connectivity index (χ4n) is 3.11. The Bertz CT molecular complexity index is 816. The molecule has 27 heavy (non-hydrogen) atoms. The van der Waals surface area contributed by atoms with Crippen LogP contribution in [0.4, 0.5) is 0 Å². The van der Waals surface area contributed by atoms with Gasteiger partial charge in [0, 0.05) is 0 Å². The van der Waals surface area contributed by atoms with E-state index in [4.69, 9.17) is 16.3 Å². The summed E-state index contributed by atoms with van der Waals surface area (Å²) in [6.07, 6.45) is 1.51. The largest absolute Gasteiger partial charge is 0.485 e. The van der Waals surface area contributed by atoms with Gasteiger partial charge in [-0.25, -0.2) is 15.6 Å². The molecular weight excluding hydrogens is 380 g/mol. The van der Waals surface area contributed by atoms with Crippen LogP contribution in [0.5, 0.6) is 5.75 Å². The van der Waals surface area contributed by atoms with E-state index in [1.165, 1.54) is 15.8 Å². The molecule has 150 valence electrons. The molecule has 0 saturated heterocycles. The standard InChI is InChI=1S/C21H31ClN2O2S/c1-14(2)27(15(3)4)17-10-8-16(9-11-17)13-26-18-12-23-24(21(5,6)7)20(25)19(18)22/h8-12,14-15,27H,13H2,1-7H3. The molecule has 0 saturated carbocycles. The van der Waals surface area contributed by atoms with Crippen molar-refractivity contribution in [1.29, 1.82) is 0 Å². The molecule has 1 aromatic carbocycles. The third-order valence-corrected chi connectivity index (χ3v) is 7.73. The summed E-state index contributed by atoms with van der Waals surface area (Å²) in [6.45, 7) is 15.2. The Labute approximate surface area is 170 Å². The smallest absolute Gasteiger partial charge is 0.289 e. The van der Waals surface area contributed by atoms with Gasteiger partial charge in [-0.2, -0.15) is 5.10 Å². The lowest BCUT2D eigenvalue weighted by atomic mass is 10.1. The number of aromatic nitrogens is 2. The molecular formula is C21H31ClN2O2S. The van der Waals surface area contributed by atoms with Gasteiger partial charge in [0.2, 0.25) is 0 Å². The van der Waals surface area contributed by atoms with E-state index in [2.05, 4.69) is 57.1 Å². The van der Waals surface area contributed by atoms with Crippen LogP contribution in [0.1, 0.15) is 54.0 Å². The molecule has 6 heteroatoms. The lowest BCUT2D eigenvalue weighted by Gasteiger charge is -2.30. The zero-order valence-corrected chi connectivity index (χ0v) is 18.9. The summed E-state index contributed by atoms with van der Waals surface area (Å²) in [5, 5.41) is 5.57. The predicted octanol–water partition coefficient (Wildman–Crippen LogP) is 5.41. The Hall–Kier alpha value is -1.46. The highest BCUT2D eigenvalue weighted by molar-refractivity contribution is 8.18. The predicted molar refractivity (Wildman–Crippen MR) is 117 cm³/mol. The molecule has 0 atom stereocenters. The zero-order chi connectivity index (χ0) is 20.4. The molecule has 0 amide bonds. The van der Waals surface area contributed by atoms with E-state index in [1.807, 2.05) is 20.8 Å². The van der Waals surface area contributed by atoms with Gasteiger partial charge in [0.15, 0.2) is 10.8 Å². The Morgan fingerprint density at radius 3 is 2.15 bits per heavy atom. The minimum Gasteiger partial charge on any atom is -0.485 e. The first-order valence-corrected chi connectivity index (χ1v) is 11.2. The number of benzene rings is 1. The van der Waals surface area contributed by atoms with Crippen molar-refractivity contribution in [2.75, 3.05) is 0 Å². The lowest BCUT2D eigenvalue weighted by Crippen LogP contribution is -2.36. The molecule has 0 bridgehead atoms. The number of nitrogens with zero attached hydrogens (tertiary/aromatic N) is 2. The summed E-state index contributed by atoms with van der Waals surface area (Å²) >= 11 is 6.21. The number of hydrogen-bond donors (Lipinski definition) is 1. The molecule has 0 aliphatic carbocycles. The zero-order valence-electron chi connectivity index (χ0n) is 17.3. The number of ether oxygens (including phenoxy) is 1. The number of rotatable bonds is 6. The van der Waals surface area contributed by atoms with Gasteiger partial charge in [0.05, 0.1) is 11.7 Å². The van der Waals surface area contributed by atoms with Gasteiger partial charge in [-0.3, -0.25) is 4.79 Å². The Morgan fingerprint density at radius 2 is 1.67 bits per heavy atom. The van der Waals surface area contributed by atoms with Crippen molar-refractivity contribution in [2.45, 2.75) is 76.0 Å². The third kappa shape index (κ3) is 5.29. The van der Waals surface area contributed by atoms with Gasteiger partial charge < -0.3 is 4.74 Å². The van der Waals surface area contributed by atoms with Crippen molar-refractivity contribution in [3.63, 3.8) is 0 Å². The second-order valence-electron chi connectivity index (χ2n) is 8.26. The van der Waals surface area contributed by atoms with Crippen molar-refractivity contribution in [2.24, 2.45) is 0 Å². The third-order valence-electron chi connectivity index (χ3n) is 4.26. The van der Waals surface area contributed by atoms with Crippen LogP contribution < -0.4 is 10.3 Å². The SMILES string of the molecule is CC(C)[SH](c1ccc(COc2cnn(C(C)(C)C)c(=O)c2Cl)cc1)C(C)C. The maximum atomic E-state index is 12.4. The van der Waals surface area contributed by atoms with E-state index in [1.54, 1.807) is 0 Å². The molecule has 2 aromatic rings. The summed E-state index contributed by atoms with van der Waals surface area (Å²) in [5.74, 6) is 0.317. The van der Waals surface area contributed by atoms with Crippen molar-refractivity contribution < 1.29 is 4.74 Å². The molecule has 0 N–H and O–H groups in total. The van der Waals surface area contributed by atoms with E-state index >= 15 is 0 Å². The van der Waals surface area contributed by atoms with Crippen LogP contribution in [0.15, 0.2) is 40.2 Å². The van der Waals surface area contributed by atoms with E-state index in [0.717, 1.165) is 5.56 Å².